The number of unbranched alkanes of at least 4 members (excludes halogenated alkanes) is 3. The number of hydrogen-bond acceptors (Lipinski definition) is 2. The van der Waals surface area contributed by atoms with Crippen molar-refractivity contribution in [1.29, 1.82) is 0 Å². The number of rotatable bonds is 7. The normalized spacial score (nSPS) is 13.4. The Labute approximate surface area is 70.5 Å². The van der Waals surface area contributed by atoms with Crippen molar-refractivity contribution in [2.75, 3.05) is 13.6 Å². The summed E-state index contributed by atoms with van der Waals surface area (Å²) in [7, 11) is 1.98. The van der Waals surface area contributed by atoms with Crippen LogP contribution in [0.25, 0.3) is 0 Å². The van der Waals surface area contributed by atoms with E-state index in [4.69, 9.17) is 5.73 Å². The molecular formula is C9H22N2. The van der Waals surface area contributed by atoms with E-state index in [0.29, 0.717) is 6.04 Å². The van der Waals surface area contributed by atoms with Gasteiger partial charge in [-0.05, 0) is 13.5 Å². The molecule has 0 aliphatic carbocycles. The molecule has 0 aromatic rings. The Morgan fingerprint density at radius 1 is 1.27 bits per heavy atom. The molecule has 0 spiro atoms. The van der Waals surface area contributed by atoms with E-state index >= 15 is 0 Å². The Morgan fingerprint density at radius 3 is 2.45 bits per heavy atom. The molecule has 0 aromatic heterocycles. The molecule has 1 unspecified atom stereocenters. The van der Waals surface area contributed by atoms with Crippen LogP contribution in [-0.2, 0) is 0 Å². The van der Waals surface area contributed by atoms with E-state index in [1.807, 2.05) is 7.05 Å². The molecule has 0 rings (SSSR count). The molecule has 3 N–H and O–H groups in total. The van der Waals surface area contributed by atoms with Crippen LogP contribution < -0.4 is 11.1 Å². The second kappa shape index (κ2) is 8.02. The average Bonchev–Trinajstić information content (AvgIpc) is 2.05. The molecule has 68 valence electrons. The molecular weight excluding hydrogens is 136 g/mol. The summed E-state index contributed by atoms with van der Waals surface area (Å²) in [4.78, 5) is 0. The number of nitrogens with one attached hydrogen (secondary N) is 1. The first-order valence-corrected chi connectivity index (χ1v) is 4.72. The molecule has 2 nitrogen and oxygen atoms in total. The molecule has 11 heavy (non-hydrogen) atoms. The van der Waals surface area contributed by atoms with Gasteiger partial charge in [0.25, 0.3) is 0 Å². The minimum absolute atomic E-state index is 0.534. The molecule has 0 aliphatic heterocycles. The quantitative estimate of drug-likeness (QED) is 0.551. The van der Waals surface area contributed by atoms with Crippen molar-refractivity contribution < 1.29 is 0 Å². The fourth-order valence-electron chi connectivity index (χ4n) is 1.20. The average molecular weight is 158 g/mol. The lowest BCUT2D eigenvalue weighted by atomic mass is 10.1. The van der Waals surface area contributed by atoms with Crippen molar-refractivity contribution in [1.82, 2.24) is 5.32 Å². The summed E-state index contributed by atoms with van der Waals surface area (Å²) >= 11 is 0. The Morgan fingerprint density at radius 2 is 2.00 bits per heavy atom. The van der Waals surface area contributed by atoms with Crippen LogP contribution in [0.4, 0.5) is 0 Å². The summed E-state index contributed by atoms with van der Waals surface area (Å²) in [5.74, 6) is 0. The highest BCUT2D eigenvalue weighted by Gasteiger charge is 2.00. The fraction of sp³-hybridized carbons (Fsp3) is 1.00. The minimum atomic E-state index is 0.534. The monoisotopic (exact) mass is 158 g/mol. The molecule has 0 heterocycles. The van der Waals surface area contributed by atoms with Gasteiger partial charge in [-0.15, -0.1) is 0 Å². The zero-order chi connectivity index (χ0) is 8.53. The summed E-state index contributed by atoms with van der Waals surface area (Å²) in [5, 5.41) is 3.20. The molecule has 2 heteroatoms. The van der Waals surface area contributed by atoms with Gasteiger partial charge in [0.1, 0.15) is 0 Å². The maximum Gasteiger partial charge on any atom is 0.0187 e. The molecule has 0 saturated heterocycles. The summed E-state index contributed by atoms with van der Waals surface area (Å²) in [6.07, 6.45) is 6.58. The number of nitrogens with two attached hydrogens (primary N) is 1. The van der Waals surface area contributed by atoms with Crippen LogP contribution in [0.3, 0.4) is 0 Å². The van der Waals surface area contributed by atoms with Gasteiger partial charge in [0.15, 0.2) is 0 Å². The van der Waals surface area contributed by atoms with E-state index in [9.17, 15) is 0 Å². The lowest BCUT2D eigenvalue weighted by Crippen LogP contribution is -2.32. The van der Waals surface area contributed by atoms with Gasteiger partial charge in [-0.2, -0.15) is 0 Å². The van der Waals surface area contributed by atoms with Gasteiger partial charge in [-0.1, -0.05) is 32.6 Å². The smallest absolute Gasteiger partial charge is 0.0187 e. The number of hydrogen-bond donors (Lipinski definition) is 2. The standard InChI is InChI=1S/C9H22N2/c1-3-4-5-6-7-9(8-10)11-2/h9,11H,3-8,10H2,1-2H3. The van der Waals surface area contributed by atoms with Crippen LogP contribution in [0, 0.1) is 0 Å². The van der Waals surface area contributed by atoms with E-state index in [2.05, 4.69) is 12.2 Å². The van der Waals surface area contributed by atoms with Gasteiger partial charge in [0, 0.05) is 12.6 Å². The fourth-order valence-corrected chi connectivity index (χ4v) is 1.20. The Bertz CT molecular complexity index is 70.0. The van der Waals surface area contributed by atoms with Gasteiger partial charge in [-0.3, -0.25) is 0 Å². The SMILES string of the molecule is CCCCCCC(CN)NC. The second-order valence-electron chi connectivity index (χ2n) is 3.07. The van der Waals surface area contributed by atoms with Crippen molar-refractivity contribution in [3.63, 3.8) is 0 Å². The van der Waals surface area contributed by atoms with Crippen LogP contribution in [0.1, 0.15) is 39.0 Å². The lowest BCUT2D eigenvalue weighted by Gasteiger charge is -2.12. The van der Waals surface area contributed by atoms with Gasteiger partial charge < -0.3 is 11.1 Å². The van der Waals surface area contributed by atoms with Crippen LogP contribution >= 0.6 is 0 Å². The summed E-state index contributed by atoms with van der Waals surface area (Å²) < 4.78 is 0. The molecule has 0 fully saturated rings. The van der Waals surface area contributed by atoms with Crippen LogP contribution in [0.5, 0.6) is 0 Å². The predicted octanol–water partition coefficient (Wildman–Crippen LogP) is 1.50. The molecule has 0 bridgehead atoms. The molecule has 0 amide bonds. The summed E-state index contributed by atoms with van der Waals surface area (Å²) in [6, 6.07) is 0.534. The van der Waals surface area contributed by atoms with Gasteiger partial charge in [0.2, 0.25) is 0 Å². The maximum absolute atomic E-state index is 5.54. The van der Waals surface area contributed by atoms with Crippen molar-refractivity contribution in [3.8, 4) is 0 Å². The van der Waals surface area contributed by atoms with E-state index in [-0.39, 0.29) is 0 Å². The van der Waals surface area contributed by atoms with Crippen molar-refractivity contribution in [2.45, 2.75) is 45.1 Å². The number of likely N-dealkylation sites (N-methyl/N-ethyl adjacent to an activating group) is 1. The first kappa shape index (κ1) is 10.9. The van der Waals surface area contributed by atoms with Crippen LogP contribution in [0.2, 0.25) is 0 Å². The van der Waals surface area contributed by atoms with Crippen LogP contribution in [0.15, 0.2) is 0 Å². The summed E-state index contributed by atoms with van der Waals surface area (Å²) in [5.41, 5.74) is 5.54. The first-order chi connectivity index (χ1) is 5.35. The molecule has 0 radical (unpaired) electrons. The lowest BCUT2D eigenvalue weighted by molar-refractivity contribution is 0.494. The first-order valence-electron chi connectivity index (χ1n) is 4.72. The molecule has 0 aliphatic rings. The van der Waals surface area contributed by atoms with Gasteiger partial charge in [-0.25, -0.2) is 0 Å². The minimum Gasteiger partial charge on any atom is -0.329 e. The largest absolute Gasteiger partial charge is 0.329 e. The van der Waals surface area contributed by atoms with Crippen molar-refractivity contribution >= 4 is 0 Å². The van der Waals surface area contributed by atoms with E-state index in [1.165, 1.54) is 32.1 Å². The topological polar surface area (TPSA) is 38.0 Å². The maximum atomic E-state index is 5.54. The highest BCUT2D eigenvalue weighted by molar-refractivity contribution is 4.64. The summed E-state index contributed by atoms with van der Waals surface area (Å²) in [6.45, 7) is 3.00. The molecule has 0 aromatic carbocycles. The second-order valence-corrected chi connectivity index (χ2v) is 3.07. The van der Waals surface area contributed by atoms with Crippen molar-refractivity contribution in [2.24, 2.45) is 5.73 Å². The Hall–Kier alpha value is -0.0800. The third-order valence-corrected chi connectivity index (χ3v) is 2.10. The zero-order valence-electron chi connectivity index (χ0n) is 7.90. The Balaban J connectivity index is 3.07. The zero-order valence-corrected chi connectivity index (χ0v) is 7.90. The Kier molecular flexibility index (Phi) is 7.96. The highest BCUT2D eigenvalue weighted by Crippen LogP contribution is 2.04. The third-order valence-electron chi connectivity index (χ3n) is 2.10. The van der Waals surface area contributed by atoms with Crippen LogP contribution in [-0.4, -0.2) is 19.6 Å². The van der Waals surface area contributed by atoms with Gasteiger partial charge in [0.05, 0.1) is 0 Å². The highest BCUT2D eigenvalue weighted by atomic mass is 14.9. The molecule has 1 atom stereocenters. The van der Waals surface area contributed by atoms with E-state index < -0.39 is 0 Å². The molecule has 0 saturated carbocycles. The van der Waals surface area contributed by atoms with E-state index in [1.54, 1.807) is 0 Å². The predicted molar refractivity (Wildman–Crippen MR) is 50.7 cm³/mol. The third kappa shape index (κ3) is 6.32. The van der Waals surface area contributed by atoms with Crippen molar-refractivity contribution in [3.05, 3.63) is 0 Å². The van der Waals surface area contributed by atoms with Gasteiger partial charge >= 0.3 is 0 Å². The van der Waals surface area contributed by atoms with E-state index in [0.717, 1.165) is 6.54 Å².